The number of H-pyrrole nitrogens is 1. The summed E-state index contributed by atoms with van der Waals surface area (Å²) >= 11 is 0. The van der Waals surface area contributed by atoms with Gasteiger partial charge in [0.25, 0.3) is 0 Å². The third-order valence-corrected chi connectivity index (χ3v) is 10.4. The first kappa shape index (κ1) is 32.8. The first-order valence-corrected chi connectivity index (χ1v) is 17.0. The fourth-order valence-corrected chi connectivity index (χ4v) is 7.64. The summed E-state index contributed by atoms with van der Waals surface area (Å²) in [6.07, 6.45) is 5.20. The average Bonchev–Trinajstić information content (AvgIpc) is 3.71. The van der Waals surface area contributed by atoms with Crippen molar-refractivity contribution in [2.75, 3.05) is 54.5 Å². The van der Waals surface area contributed by atoms with Crippen LogP contribution in [0.5, 0.6) is 0 Å². The molecule has 2 fully saturated rings. The number of nitrogens with zero attached hydrogens (tertiary/aromatic N) is 7. The largest absolute Gasteiger partial charge is 3.00 e. The molecule has 1 amide bonds. The van der Waals surface area contributed by atoms with Crippen molar-refractivity contribution in [3.8, 4) is 11.4 Å². The Morgan fingerprint density at radius 1 is 1.00 bits per heavy atom. The van der Waals surface area contributed by atoms with E-state index in [9.17, 15) is 4.79 Å². The predicted molar refractivity (Wildman–Crippen MR) is 186 cm³/mol. The molecule has 4 aliphatic heterocycles. The van der Waals surface area contributed by atoms with E-state index in [0.29, 0.717) is 57.9 Å². The second-order valence-electron chi connectivity index (χ2n) is 13.3. The first-order chi connectivity index (χ1) is 23.9. The summed E-state index contributed by atoms with van der Waals surface area (Å²) in [6.45, 7) is 15.1. The van der Waals surface area contributed by atoms with E-state index in [1.807, 2.05) is 18.2 Å². The second-order valence-corrected chi connectivity index (χ2v) is 13.3. The van der Waals surface area contributed by atoms with E-state index in [0.717, 1.165) is 76.6 Å². The van der Waals surface area contributed by atoms with Crippen LogP contribution in [0.25, 0.3) is 22.6 Å². The molecule has 0 radical (unpaired) electrons. The summed E-state index contributed by atoms with van der Waals surface area (Å²) in [5.74, 6) is -0.0138. The van der Waals surface area contributed by atoms with Gasteiger partial charge in [-0.3, -0.25) is 9.69 Å². The second kappa shape index (κ2) is 13.0. The van der Waals surface area contributed by atoms with E-state index in [1.54, 1.807) is 6.33 Å². The predicted octanol–water partition coefficient (Wildman–Crippen LogP) is 5.31. The molecule has 50 heavy (non-hydrogen) atoms. The molecule has 7 heterocycles. The zero-order valence-electron chi connectivity index (χ0n) is 27.5. The van der Waals surface area contributed by atoms with Crippen molar-refractivity contribution in [3.63, 3.8) is 0 Å². The summed E-state index contributed by atoms with van der Waals surface area (Å²) < 4.78 is 23.1. The van der Waals surface area contributed by atoms with Crippen molar-refractivity contribution in [1.29, 1.82) is 0 Å². The van der Waals surface area contributed by atoms with Crippen LogP contribution in [-0.4, -0.2) is 80.7 Å². The number of carbonyl (C=O) groups excluding carboxylic acids is 1. The molecule has 4 aliphatic rings. The smallest absolute Gasteiger partial charge is 0.539 e. The molecule has 13 heteroatoms. The van der Waals surface area contributed by atoms with Gasteiger partial charge in [-0.15, -0.1) is 6.42 Å². The minimum atomic E-state index is -0.530. The molecule has 9 rings (SSSR count). The number of carbonyl (C=O) groups is 1. The Hall–Kier alpha value is -4.43. The SMILES string of the molecule is [CH2-]c1c(-c2nc(Nc3ccc(N4CCN(C5COC5)CC4)cc3)c3[nH]cnc3n2)cc(F)cc1N1C(=O)c2cc3n(c2C[C-]1[CH2-])CCCC3.[Co+3]. The summed E-state index contributed by atoms with van der Waals surface area (Å²) in [4.78, 5) is 37.4. The number of anilines is 4. The minimum absolute atomic E-state index is 0. The fourth-order valence-electron chi connectivity index (χ4n) is 7.64. The number of rotatable bonds is 6. The number of hydrogen-bond acceptors (Lipinski definition) is 8. The normalized spacial score (nSPS) is 18.5. The molecule has 5 aromatic rings. The van der Waals surface area contributed by atoms with Gasteiger partial charge >= 0.3 is 16.8 Å². The Bertz CT molecular complexity index is 2070. The van der Waals surface area contributed by atoms with Gasteiger partial charge in [0, 0.05) is 55.5 Å². The van der Waals surface area contributed by atoms with Crippen LogP contribution < -0.4 is 15.1 Å². The number of fused-ring (bicyclic) bond motifs is 4. The van der Waals surface area contributed by atoms with Gasteiger partial charge in [0.05, 0.1) is 31.1 Å². The van der Waals surface area contributed by atoms with E-state index in [4.69, 9.17) is 9.72 Å². The number of benzene rings is 2. The maximum atomic E-state index is 15.5. The quantitative estimate of drug-likeness (QED) is 0.228. The number of imidazole rings is 1. The van der Waals surface area contributed by atoms with E-state index in [-0.39, 0.29) is 28.5 Å². The number of piperazine rings is 1. The van der Waals surface area contributed by atoms with Gasteiger partial charge in [-0.25, -0.2) is 19.3 Å². The van der Waals surface area contributed by atoms with E-state index < -0.39 is 5.82 Å². The van der Waals surface area contributed by atoms with Gasteiger partial charge in [-0.2, -0.15) is 12.5 Å². The van der Waals surface area contributed by atoms with Crippen LogP contribution in [0.4, 0.5) is 27.3 Å². The van der Waals surface area contributed by atoms with Gasteiger partial charge in [0.15, 0.2) is 11.5 Å². The average molecular weight is 718 g/mol. The van der Waals surface area contributed by atoms with E-state index >= 15 is 4.39 Å². The Morgan fingerprint density at radius 2 is 1.80 bits per heavy atom. The Morgan fingerprint density at radius 3 is 2.56 bits per heavy atom. The number of aromatic nitrogens is 5. The van der Waals surface area contributed by atoms with Crippen molar-refractivity contribution in [3.05, 3.63) is 97.0 Å². The summed E-state index contributed by atoms with van der Waals surface area (Å²) in [5, 5.41) is 3.41. The Balaban J connectivity index is 0.00000361. The molecule has 0 bridgehead atoms. The van der Waals surface area contributed by atoms with E-state index in [1.165, 1.54) is 28.4 Å². The molecule has 11 nitrogen and oxygen atoms in total. The van der Waals surface area contributed by atoms with Gasteiger partial charge in [0.2, 0.25) is 5.91 Å². The molecule has 2 saturated heterocycles. The molecular weight excluding hydrogens is 680 g/mol. The molecule has 258 valence electrons. The van der Waals surface area contributed by atoms with Crippen LogP contribution in [-0.2, 0) is 40.9 Å². The van der Waals surface area contributed by atoms with Crippen LogP contribution in [0, 0.1) is 25.7 Å². The number of halogens is 1. The van der Waals surface area contributed by atoms with Gasteiger partial charge in [-0.1, -0.05) is 23.4 Å². The molecular formula is C37H37CoFN9O2. The van der Waals surface area contributed by atoms with Crippen LogP contribution >= 0.6 is 0 Å². The van der Waals surface area contributed by atoms with Gasteiger partial charge in [-0.05, 0) is 49.6 Å². The van der Waals surface area contributed by atoms with E-state index in [2.05, 4.69) is 60.6 Å². The molecule has 0 spiro atoms. The molecule has 0 aliphatic carbocycles. The zero-order valence-corrected chi connectivity index (χ0v) is 28.6. The van der Waals surface area contributed by atoms with Crippen LogP contribution in [0.15, 0.2) is 48.8 Å². The summed E-state index contributed by atoms with van der Waals surface area (Å²) in [5.41, 5.74) is 6.98. The monoisotopic (exact) mass is 717 g/mol. The third-order valence-electron chi connectivity index (χ3n) is 10.4. The third kappa shape index (κ3) is 5.62. The topological polar surface area (TPSA) is 107 Å². The van der Waals surface area contributed by atoms with Gasteiger partial charge in [0.1, 0.15) is 17.2 Å². The Labute approximate surface area is 300 Å². The fraction of sp³-hybridized carbons (Fsp3) is 0.324. The number of aromatic amines is 1. The first-order valence-electron chi connectivity index (χ1n) is 17.0. The summed E-state index contributed by atoms with van der Waals surface area (Å²) in [7, 11) is 0. The van der Waals surface area contributed by atoms with Crippen LogP contribution in [0.1, 0.15) is 40.2 Å². The van der Waals surface area contributed by atoms with Gasteiger partial charge < -0.3 is 42.4 Å². The number of amides is 1. The van der Waals surface area contributed by atoms with Crippen molar-refractivity contribution in [2.45, 2.75) is 38.3 Å². The van der Waals surface area contributed by atoms with Crippen molar-refractivity contribution in [2.24, 2.45) is 0 Å². The Kier molecular flexibility index (Phi) is 8.54. The number of ether oxygens (including phenoxy) is 1. The molecule has 2 aromatic carbocycles. The maximum Gasteiger partial charge on any atom is 3.00 e. The number of aryl methyl sites for hydroxylation is 1. The maximum absolute atomic E-state index is 15.5. The standard InChI is InChI=1S/C37H37FN9O2.Co/c1-22-15-32-30(18-27-5-3-4-10-46(27)32)37(48)47(22)31-17-24(38)16-29(23(31)2)34-42-35-33(39-21-40-35)36(43-34)41-25-6-8-26(9-7-25)44-11-13-45(14-12-44)28-19-49-20-28;/h6-9,16-18,21,28H,1-5,10-15,19-20H2,(H2,39,40,41,42,43);/q-3;+3. The minimum Gasteiger partial charge on any atom is -0.539 e. The summed E-state index contributed by atoms with van der Waals surface area (Å²) in [6, 6.07) is 14.1. The van der Waals surface area contributed by atoms with Crippen LogP contribution in [0.2, 0.25) is 0 Å². The molecule has 0 atom stereocenters. The number of hydrogen-bond donors (Lipinski definition) is 2. The van der Waals surface area contributed by atoms with Crippen molar-refractivity contribution in [1.82, 2.24) is 29.4 Å². The molecule has 3 aromatic heterocycles. The molecule has 0 unspecified atom stereocenters. The number of nitrogens with one attached hydrogen (secondary N) is 2. The molecule has 2 N–H and O–H groups in total. The van der Waals surface area contributed by atoms with Crippen LogP contribution in [0.3, 0.4) is 0 Å². The van der Waals surface area contributed by atoms with Crippen molar-refractivity contribution >= 4 is 40.0 Å². The zero-order chi connectivity index (χ0) is 33.2. The molecule has 0 saturated carbocycles. The van der Waals surface area contributed by atoms with Crippen molar-refractivity contribution < 1.29 is 30.7 Å².